The van der Waals surface area contributed by atoms with Gasteiger partial charge in [0.2, 0.25) is 5.89 Å². The van der Waals surface area contributed by atoms with E-state index in [1.807, 2.05) is 6.92 Å². The Morgan fingerprint density at radius 3 is 2.53 bits per heavy atom. The maximum atomic E-state index is 12.9. The molecule has 0 fully saturated rings. The molecule has 164 valence electrons. The molecule has 0 saturated heterocycles. The van der Waals surface area contributed by atoms with E-state index in [0.29, 0.717) is 54.7 Å². The number of anilines is 1. The van der Waals surface area contributed by atoms with Gasteiger partial charge in [0.25, 0.3) is 17.7 Å². The first kappa shape index (κ1) is 21.2. The minimum absolute atomic E-state index is 0.206. The van der Waals surface area contributed by atoms with Crippen molar-refractivity contribution in [1.82, 2.24) is 15.5 Å². The van der Waals surface area contributed by atoms with E-state index >= 15 is 0 Å². The second kappa shape index (κ2) is 9.01. The molecule has 3 amide bonds. The van der Waals surface area contributed by atoms with Gasteiger partial charge < -0.3 is 14.6 Å². The van der Waals surface area contributed by atoms with Crippen molar-refractivity contribution in [2.24, 2.45) is 0 Å². The highest BCUT2D eigenvalue weighted by molar-refractivity contribution is 6.34. The Morgan fingerprint density at radius 1 is 1.09 bits per heavy atom. The summed E-state index contributed by atoms with van der Waals surface area (Å²) in [6, 6.07) is 11.2. The van der Waals surface area contributed by atoms with E-state index in [4.69, 9.17) is 9.26 Å². The van der Waals surface area contributed by atoms with Gasteiger partial charge in [-0.25, -0.2) is 4.90 Å². The molecule has 9 nitrogen and oxygen atoms in total. The fraction of sp³-hybridized carbons (Fsp3) is 0.261. The largest absolute Gasteiger partial charge is 0.494 e. The standard InChI is InChI=1S/C23H22N4O5/c1-3-31-17-9-7-16(8-10-17)27-22(29)18-11-6-15(13-19(18)23(27)30)21(28)24-12-4-5-20-25-14(2)26-32-20/h6-11,13H,3-5,12H2,1-2H3,(H,24,28). The molecule has 0 unspecified atom stereocenters. The SMILES string of the molecule is CCOc1ccc(N2C(=O)c3ccc(C(=O)NCCCc4nc(C)no4)cc3C2=O)cc1. The zero-order chi connectivity index (χ0) is 22.7. The minimum atomic E-state index is -0.462. The third-order valence-corrected chi connectivity index (χ3v) is 4.98. The zero-order valence-electron chi connectivity index (χ0n) is 17.8. The Labute approximate surface area is 184 Å². The molecule has 2 heterocycles. The van der Waals surface area contributed by atoms with Gasteiger partial charge in [0.15, 0.2) is 5.82 Å². The first-order valence-electron chi connectivity index (χ1n) is 10.3. The number of fused-ring (bicyclic) bond motifs is 1. The lowest BCUT2D eigenvalue weighted by molar-refractivity contribution is 0.0923. The number of imide groups is 1. The number of carbonyl (C=O) groups is 3. The molecule has 0 radical (unpaired) electrons. The van der Waals surface area contributed by atoms with Crippen LogP contribution < -0.4 is 15.0 Å². The van der Waals surface area contributed by atoms with Crippen molar-refractivity contribution in [2.45, 2.75) is 26.7 Å². The lowest BCUT2D eigenvalue weighted by atomic mass is 10.1. The van der Waals surface area contributed by atoms with Gasteiger partial charge in [0.05, 0.1) is 23.4 Å². The third kappa shape index (κ3) is 4.22. The number of nitrogens with zero attached hydrogens (tertiary/aromatic N) is 3. The average molecular weight is 434 g/mol. The first-order valence-corrected chi connectivity index (χ1v) is 10.3. The molecule has 1 aliphatic heterocycles. The molecule has 1 aliphatic rings. The number of nitrogens with one attached hydrogen (secondary N) is 1. The summed E-state index contributed by atoms with van der Waals surface area (Å²) in [4.78, 5) is 43.5. The van der Waals surface area contributed by atoms with E-state index in [-0.39, 0.29) is 17.0 Å². The van der Waals surface area contributed by atoms with Crippen LogP contribution in [0.1, 0.15) is 56.1 Å². The molecule has 2 aromatic carbocycles. The summed E-state index contributed by atoms with van der Waals surface area (Å²) in [5.74, 6) is 0.537. The van der Waals surface area contributed by atoms with Crippen molar-refractivity contribution in [3.05, 3.63) is 70.9 Å². The van der Waals surface area contributed by atoms with Crippen LogP contribution >= 0.6 is 0 Å². The highest BCUT2D eigenvalue weighted by Gasteiger charge is 2.37. The monoisotopic (exact) mass is 434 g/mol. The molecule has 0 saturated carbocycles. The number of rotatable bonds is 8. The van der Waals surface area contributed by atoms with Crippen LogP contribution in [0.15, 0.2) is 47.0 Å². The molecule has 1 N–H and O–H groups in total. The summed E-state index contributed by atoms with van der Waals surface area (Å²) in [7, 11) is 0. The van der Waals surface area contributed by atoms with Crippen molar-refractivity contribution in [1.29, 1.82) is 0 Å². The van der Waals surface area contributed by atoms with Gasteiger partial charge in [-0.15, -0.1) is 0 Å². The molecular weight excluding hydrogens is 412 g/mol. The highest BCUT2D eigenvalue weighted by Crippen LogP contribution is 2.30. The fourth-order valence-electron chi connectivity index (χ4n) is 3.46. The topological polar surface area (TPSA) is 115 Å². The van der Waals surface area contributed by atoms with E-state index < -0.39 is 11.8 Å². The summed E-state index contributed by atoms with van der Waals surface area (Å²) in [6.45, 7) is 4.54. The van der Waals surface area contributed by atoms with E-state index in [0.717, 1.165) is 4.90 Å². The van der Waals surface area contributed by atoms with Crippen LogP contribution in [0, 0.1) is 6.92 Å². The Morgan fingerprint density at radius 2 is 1.84 bits per heavy atom. The minimum Gasteiger partial charge on any atom is -0.494 e. The maximum absolute atomic E-state index is 12.9. The molecule has 3 aromatic rings. The van der Waals surface area contributed by atoms with Crippen LogP contribution in [0.5, 0.6) is 5.75 Å². The molecule has 32 heavy (non-hydrogen) atoms. The van der Waals surface area contributed by atoms with Crippen LogP contribution in [0.25, 0.3) is 0 Å². The number of hydrogen-bond donors (Lipinski definition) is 1. The number of aromatic nitrogens is 2. The number of aryl methyl sites for hydroxylation is 2. The first-order chi connectivity index (χ1) is 15.5. The maximum Gasteiger partial charge on any atom is 0.266 e. The smallest absolute Gasteiger partial charge is 0.266 e. The van der Waals surface area contributed by atoms with Crippen LogP contribution in [0.2, 0.25) is 0 Å². The summed E-state index contributed by atoms with van der Waals surface area (Å²) < 4.78 is 10.4. The van der Waals surface area contributed by atoms with Gasteiger partial charge in [0.1, 0.15) is 5.75 Å². The van der Waals surface area contributed by atoms with Crippen LogP contribution in [0.4, 0.5) is 5.69 Å². The normalized spacial score (nSPS) is 12.8. The molecule has 0 spiro atoms. The Bertz CT molecular complexity index is 1170. The molecule has 4 rings (SSSR count). The second-order valence-corrected chi connectivity index (χ2v) is 7.23. The average Bonchev–Trinajstić information content (AvgIpc) is 3.32. The van der Waals surface area contributed by atoms with Gasteiger partial charge >= 0.3 is 0 Å². The van der Waals surface area contributed by atoms with Gasteiger partial charge in [-0.3, -0.25) is 14.4 Å². The zero-order valence-corrected chi connectivity index (χ0v) is 17.8. The van der Waals surface area contributed by atoms with Crippen LogP contribution in [-0.4, -0.2) is 41.0 Å². The van der Waals surface area contributed by atoms with Gasteiger partial charge in [-0.05, 0) is 62.7 Å². The Hall–Kier alpha value is -4.01. The summed E-state index contributed by atoms with van der Waals surface area (Å²) in [5.41, 5.74) is 1.24. The number of hydrogen-bond acceptors (Lipinski definition) is 7. The van der Waals surface area contributed by atoms with E-state index in [9.17, 15) is 14.4 Å². The van der Waals surface area contributed by atoms with Crippen molar-refractivity contribution in [3.63, 3.8) is 0 Å². The van der Waals surface area contributed by atoms with Gasteiger partial charge in [-0.2, -0.15) is 4.98 Å². The van der Waals surface area contributed by atoms with Crippen LogP contribution in [0.3, 0.4) is 0 Å². The molecule has 0 bridgehead atoms. The van der Waals surface area contributed by atoms with Crippen LogP contribution in [-0.2, 0) is 6.42 Å². The molecular formula is C23H22N4O5. The third-order valence-electron chi connectivity index (χ3n) is 4.98. The Kier molecular flexibility index (Phi) is 5.98. The molecule has 9 heteroatoms. The lowest BCUT2D eigenvalue weighted by Crippen LogP contribution is -2.29. The summed E-state index contributed by atoms with van der Waals surface area (Å²) >= 11 is 0. The predicted octanol–water partition coefficient (Wildman–Crippen LogP) is 2.94. The van der Waals surface area contributed by atoms with E-state index in [1.165, 1.54) is 12.1 Å². The molecule has 1 aromatic heterocycles. The van der Waals surface area contributed by atoms with Gasteiger partial charge in [0, 0.05) is 18.5 Å². The predicted molar refractivity (Wildman–Crippen MR) is 115 cm³/mol. The highest BCUT2D eigenvalue weighted by atomic mass is 16.5. The van der Waals surface area contributed by atoms with Gasteiger partial charge in [-0.1, -0.05) is 5.16 Å². The number of carbonyl (C=O) groups excluding carboxylic acids is 3. The number of benzene rings is 2. The lowest BCUT2D eigenvalue weighted by Gasteiger charge is -2.14. The summed E-state index contributed by atoms with van der Waals surface area (Å²) in [6.07, 6.45) is 1.18. The summed E-state index contributed by atoms with van der Waals surface area (Å²) in [5, 5.41) is 6.52. The fourth-order valence-corrected chi connectivity index (χ4v) is 3.46. The van der Waals surface area contributed by atoms with Crippen molar-refractivity contribution in [3.8, 4) is 5.75 Å². The Balaban J connectivity index is 1.42. The number of amides is 3. The van der Waals surface area contributed by atoms with E-state index in [2.05, 4.69) is 15.5 Å². The van der Waals surface area contributed by atoms with Crippen molar-refractivity contribution >= 4 is 23.4 Å². The molecule has 0 aliphatic carbocycles. The quantitative estimate of drug-likeness (QED) is 0.428. The molecule has 0 atom stereocenters. The van der Waals surface area contributed by atoms with E-state index in [1.54, 1.807) is 37.3 Å². The number of ether oxygens (including phenoxy) is 1. The van der Waals surface area contributed by atoms with Crippen molar-refractivity contribution in [2.75, 3.05) is 18.1 Å². The van der Waals surface area contributed by atoms with Crippen molar-refractivity contribution < 1.29 is 23.6 Å². The second-order valence-electron chi connectivity index (χ2n) is 7.23.